The molecule has 14 heteroatoms. The van der Waals surface area contributed by atoms with Crippen LogP contribution in [0.25, 0.3) is 22.3 Å². The van der Waals surface area contributed by atoms with Crippen LogP contribution in [0.2, 0.25) is 0 Å². The van der Waals surface area contributed by atoms with Crippen molar-refractivity contribution in [1.29, 1.82) is 0 Å². The largest absolute Gasteiger partial charge is 0.461 e. The molecule has 3 heterocycles. The van der Waals surface area contributed by atoms with Crippen molar-refractivity contribution in [3.63, 3.8) is 0 Å². The third-order valence-corrected chi connectivity index (χ3v) is 14.5. The molecule has 0 spiro atoms. The van der Waals surface area contributed by atoms with Gasteiger partial charge in [0.2, 0.25) is 0 Å². The first kappa shape index (κ1) is 78.4. The molecule has 2 amide bonds. The number of terminal acetylenes is 1. The number of amides is 2. The monoisotopic (exact) mass is 1360 g/mol. The van der Waals surface area contributed by atoms with Gasteiger partial charge >= 0.3 is 6.09 Å². The number of hydrogen-bond donors (Lipinski definition) is 3. The maximum Gasteiger partial charge on any atom is 0.417 e. The Morgan fingerprint density at radius 3 is 1.16 bits per heavy atom. The van der Waals surface area contributed by atoms with Gasteiger partial charge < -0.3 is 47.8 Å². The lowest BCUT2D eigenvalue weighted by molar-refractivity contribution is -0.177. The molecule has 1 fully saturated rings. The minimum atomic E-state index is -1.92. The number of methoxy groups -OCH3 is 2. The van der Waals surface area contributed by atoms with Crippen molar-refractivity contribution in [1.82, 2.24) is 4.90 Å². The number of rotatable bonds is 20. The Morgan fingerprint density at radius 1 is 0.476 bits per heavy atom. The zero-order valence-corrected chi connectivity index (χ0v) is 57.3. The number of carbonyl (C=O) groups excluding carboxylic acids is 3. The van der Waals surface area contributed by atoms with Crippen LogP contribution in [0, 0.1) is 178 Å². The van der Waals surface area contributed by atoms with Crippen molar-refractivity contribution < 1.29 is 62.2 Å². The molecule has 14 nitrogen and oxygen atoms in total. The van der Waals surface area contributed by atoms with E-state index in [1.807, 2.05) is 140 Å². The number of carbonyl (C=O) groups is 3. The molecule has 1 saturated heterocycles. The maximum absolute atomic E-state index is 14.4. The van der Waals surface area contributed by atoms with E-state index in [1.165, 1.54) is 28.1 Å². The number of aliphatic hydroxyl groups is 3. The molecule has 3 N–H and O–H groups in total. The number of hydrogen-bond acceptors (Lipinski definition) is 13. The van der Waals surface area contributed by atoms with E-state index in [2.05, 4.69) is 172 Å². The van der Waals surface area contributed by atoms with Crippen LogP contribution in [0.4, 0.5) is 4.79 Å². The molecule has 2 aromatic heterocycles. The molecule has 0 aliphatic carbocycles. The molecule has 7 aromatic rings. The predicted octanol–water partition coefficient (Wildman–Crippen LogP) is 11.0. The summed E-state index contributed by atoms with van der Waals surface area (Å²) in [5.41, 5.74) is 1.99. The van der Waals surface area contributed by atoms with Crippen molar-refractivity contribution in [2.75, 3.05) is 20.8 Å². The fourth-order valence-electron chi connectivity index (χ4n) is 9.36. The number of imide groups is 1. The van der Waals surface area contributed by atoms with Crippen LogP contribution in [0.5, 0.6) is 0 Å². The number of nitrogens with zero attached hydrogens (tertiary/aromatic N) is 1. The third-order valence-electron chi connectivity index (χ3n) is 14.5. The van der Waals surface area contributed by atoms with E-state index in [4.69, 9.17) is 38.9 Å². The Kier molecular flexibility index (Phi) is 32.2. The molecule has 103 heavy (non-hydrogen) atoms. The summed E-state index contributed by atoms with van der Waals surface area (Å²) in [5, 5.41) is 31.9. The first-order chi connectivity index (χ1) is 50.0. The van der Waals surface area contributed by atoms with Gasteiger partial charge in [-0.15, -0.1) is 6.42 Å². The Labute approximate surface area is 602 Å². The van der Waals surface area contributed by atoms with E-state index in [1.54, 1.807) is 45.0 Å². The van der Waals surface area contributed by atoms with Gasteiger partial charge in [0.1, 0.15) is 66.7 Å². The maximum atomic E-state index is 14.4. The molecule has 8 rings (SSSR count). The van der Waals surface area contributed by atoms with E-state index in [9.17, 15) is 29.7 Å². The molecule has 504 valence electrons. The average molecular weight is 1360 g/mol. The fourth-order valence-corrected chi connectivity index (χ4v) is 9.36. The van der Waals surface area contributed by atoms with Crippen LogP contribution in [-0.2, 0) is 59.7 Å². The van der Waals surface area contributed by atoms with Gasteiger partial charge in [0, 0.05) is 85.3 Å². The third kappa shape index (κ3) is 24.7. The number of aliphatic hydroxyl groups excluding tert-OH is 3. The molecule has 0 radical (unpaired) electrons. The summed E-state index contributed by atoms with van der Waals surface area (Å²) in [6, 6.07) is 50.4. The SMILES string of the molecule is C#CC#CC#CC#CC#CC#CC#CC#CC#CC#CC#CC#CC#CC#CC#CC.COCc1ccc([C@H](O)[C@](C)(OCc2ccc(-c3ccccc3)cc2)C(=O)CO)o1.COCc1ccc([C@H](O)[C@](C)(OCc2ccc(-c3ccccc3)cc2)C(=O)N2C(=O)OC(C)(C)[C@@H]2c2ccccc2)o1. The van der Waals surface area contributed by atoms with Crippen molar-refractivity contribution >= 4 is 17.8 Å². The number of furan rings is 2. The molecule has 0 bridgehead atoms. The average Bonchev–Trinajstić information content (AvgIpc) is 1.61. The lowest BCUT2D eigenvalue weighted by atomic mass is 9.88. The van der Waals surface area contributed by atoms with Gasteiger partial charge in [0.15, 0.2) is 17.0 Å². The van der Waals surface area contributed by atoms with Crippen LogP contribution in [0.15, 0.2) is 173 Å². The van der Waals surface area contributed by atoms with Gasteiger partial charge in [-0.05, 0) is 193 Å². The summed E-state index contributed by atoms with van der Waals surface area (Å²) >= 11 is 0. The quantitative estimate of drug-likeness (QED) is 0.0613. The van der Waals surface area contributed by atoms with E-state index in [0.29, 0.717) is 11.5 Å². The minimum absolute atomic E-state index is 0.0116. The topological polar surface area (TPSA) is 188 Å². The zero-order valence-electron chi connectivity index (χ0n) is 57.3. The lowest BCUT2D eigenvalue weighted by Gasteiger charge is -2.37. The highest BCUT2D eigenvalue weighted by Crippen LogP contribution is 2.45. The van der Waals surface area contributed by atoms with Gasteiger partial charge in [0.05, 0.1) is 13.2 Å². The Bertz CT molecular complexity index is 5140. The fraction of sp³-hybridized carbons (Fsp3) is 0.202. The first-order valence-corrected chi connectivity index (χ1v) is 31.2. The van der Waals surface area contributed by atoms with Gasteiger partial charge in [-0.25, -0.2) is 9.69 Å². The van der Waals surface area contributed by atoms with Gasteiger partial charge in [-0.2, -0.15) is 0 Å². The number of Topliss-reactive ketones (excluding diaryl/α,β-unsaturated/α-hetero) is 1. The van der Waals surface area contributed by atoms with E-state index >= 15 is 0 Å². The highest BCUT2D eigenvalue weighted by Gasteiger charge is 2.58. The van der Waals surface area contributed by atoms with Gasteiger partial charge in [0.25, 0.3) is 5.91 Å². The van der Waals surface area contributed by atoms with Gasteiger partial charge in [-0.3, -0.25) is 9.59 Å². The number of ether oxygens (including phenoxy) is 5. The summed E-state index contributed by atoms with van der Waals surface area (Å²) in [7, 11) is 3.06. The van der Waals surface area contributed by atoms with Crippen molar-refractivity contribution in [2.45, 2.75) is 96.1 Å². The molecule has 5 atom stereocenters. The zero-order chi connectivity index (χ0) is 74.0. The summed E-state index contributed by atoms with van der Waals surface area (Å²) in [5.74, 6) is 71.8. The van der Waals surface area contributed by atoms with Crippen LogP contribution in [0.1, 0.15) is 92.6 Å². The molecule has 0 unspecified atom stereocenters. The summed E-state index contributed by atoms with van der Waals surface area (Å²) in [6.07, 6.45) is 1.18. The highest BCUT2D eigenvalue weighted by molar-refractivity contribution is 5.99. The minimum Gasteiger partial charge on any atom is -0.461 e. The second-order valence-corrected chi connectivity index (χ2v) is 22.0. The second kappa shape index (κ2) is 42.3. The Morgan fingerprint density at radius 2 is 0.806 bits per heavy atom. The molecule has 0 saturated carbocycles. The molecule has 1 aliphatic heterocycles. The van der Waals surface area contributed by atoms with E-state index in [-0.39, 0.29) is 37.9 Å². The number of ketones is 1. The Balaban J connectivity index is 0.000000248. The van der Waals surface area contributed by atoms with Gasteiger partial charge in [-0.1, -0.05) is 145 Å². The summed E-state index contributed by atoms with van der Waals surface area (Å²) < 4.78 is 39.3. The molecular weight excluding hydrogens is 1290 g/mol. The molecule has 1 aliphatic rings. The van der Waals surface area contributed by atoms with Crippen molar-refractivity contribution in [3.05, 3.63) is 204 Å². The smallest absolute Gasteiger partial charge is 0.417 e. The van der Waals surface area contributed by atoms with Crippen LogP contribution < -0.4 is 0 Å². The predicted molar refractivity (Wildman–Crippen MR) is 391 cm³/mol. The standard InChI is InChI=1S/C34H35NO7.C31H4.C24H26O6/c1-33(2)29(26-13-9-6-10-14-26)35(32(38)42-33)31(37)34(3,30(36)28-20-19-27(41-28)22-39-4)40-21-23-15-17-25(18-16-23)24-11-7-5-8-12-24;1-3-5-7-9-11-13-15-17-19-21-23-25-27-29-31-30-28-26-24-22-20-18-16-14-12-10-8-6-4-2;1-24(22(26)14-25,23(27)21-13-12-20(30-21)16-28-2)29-15-17-8-10-19(11-9-17)18-6-4-3-5-7-18/h5-20,29-30,36H,21-22H2,1-4H3;1H,2H3;3-13,23,25,27H,14-16H2,1-2H3/t29-,30-,34-;;23-,24+/m0.0/s1. The van der Waals surface area contributed by atoms with Crippen molar-refractivity contribution in [2.24, 2.45) is 0 Å². The van der Waals surface area contributed by atoms with E-state index < -0.39 is 59.4 Å². The van der Waals surface area contributed by atoms with E-state index in [0.717, 1.165) is 43.8 Å². The van der Waals surface area contributed by atoms with Crippen LogP contribution >= 0.6 is 0 Å². The first-order valence-electron chi connectivity index (χ1n) is 31.2. The lowest BCUT2D eigenvalue weighted by Crippen LogP contribution is -2.54. The number of benzene rings is 5. The normalized spacial score (nSPS) is 12.8. The van der Waals surface area contributed by atoms with Crippen LogP contribution in [0.3, 0.4) is 0 Å². The highest BCUT2D eigenvalue weighted by atomic mass is 16.6. The second-order valence-electron chi connectivity index (χ2n) is 22.0. The molecule has 5 aromatic carbocycles. The summed E-state index contributed by atoms with van der Waals surface area (Å²) in [6.45, 7) is 7.86. The Hall–Kier alpha value is -13.6. The van der Waals surface area contributed by atoms with Crippen LogP contribution in [-0.4, -0.2) is 75.6 Å². The molecular formula is C89H65NO13. The van der Waals surface area contributed by atoms with Crippen molar-refractivity contribution in [3.8, 4) is 200 Å². The number of cyclic esters (lactones) is 1. The summed E-state index contributed by atoms with van der Waals surface area (Å²) in [4.78, 5) is 41.2.